The molecule has 8 heteroatoms. The molecule has 5 rings (SSSR count). The number of rotatable bonds is 5. The van der Waals surface area contributed by atoms with Crippen LogP contribution in [0.2, 0.25) is 0 Å². The van der Waals surface area contributed by atoms with Gasteiger partial charge in [-0.2, -0.15) is 0 Å². The fraction of sp³-hybridized carbons (Fsp3) is 0.320. The molecule has 0 fully saturated rings. The molecule has 0 bridgehead atoms. The normalized spacial score (nSPS) is 21.7. The highest BCUT2D eigenvalue weighted by Crippen LogP contribution is 2.50. The van der Waals surface area contributed by atoms with Gasteiger partial charge in [0.05, 0.1) is 18.1 Å². The SMILES string of the molecule is COc1ccc([C@@H]2c3sc(=O)[nH]c3S[C@H](C(=O)O)[C@@H]2C(=O)c2ccc3c(c2)CCCC3)cc1. The molecule has 0 amide bonds. The number of nitrogens with one attached hydrogen (secondary N) is 1. The number of Topliss-reactive ketones (excluding diaryl/α,β-unsaturated/α-hetero) is 1. The summed E-state index contributed by atoms with van der Waals surface area (Å²) in [6.45, 7) is 0. The molecule has 1 aliphatic heterocycles. The van der Waals surface area contributed by atoms with Crippen molar-refractivity contribution in [3.63, 3.8) is 0 Å². The summed E-state index contributed by atoms with van der Waals surface area (Å²) < 4.78 is 5.27. The number of methoxy groups -OCH3 is 1. The van der Waals surface area contributed by atoms with E-state index in [9.17, 15) is 19.5 Å². The summed E-state index contributed by atoms with van der Waals surface area (Å²) in [6, 6.07) is 13.1. The Morgan fingerprint density at radius 3 is 2.48 bits per heavy atom. The molecular weight excluding hydrogens is 458 g/mol. The Morgan fingerprint density at radius 1 is 1.06 bits per heavy atom. The second-order valence-corrected chi connectivity index (χ2v) is 10.6. The number of carboxylic acid groups (broad SMARTS) is 1. The number of thiazole rings is 1. The Balaban J connectivity index is 1.64. The molecule has 2 N–H and O–H groups in total. The number of thioether (sulfide) groups is 1. The van der Waals surface area contributed by atoms with Gasteiger partial charge in [0.15, 0.2) is 5.78 Å². The van der Waals surface area contributed by atoms with E-state index in [0.717, 1.165) is 54.3 Å². The van der Waals surface area contributed by atoms with Gasteiger partial charge in [-0.25, -0.2) is 0 Å². The number of hydrogen-bond donors (Lipinski definition) is 2. The molecule has 33 heavy (non-hydrogen) atoms. The lowest BCUT2D eigenvalue weighted by Crippen LogP contribution is -2.39. The average molecular weight is 482 g/mol. The zero-order chi connectivity index (χ0) is 23.1. The summed E-state index contributed by atoms with van der Waals surface area (Å²) >= 11 is 2.11. The summed E-state index contributed by atoms with van der Waals surface area (Å²) in [4.78, 5) is 41.7. The van der Waals surface area contributed by atoms with Crippen molar-refractivity contribution in [2.75, 3.05) is 7.11 Å². The molecule has 2 heterocycles. The van der Waals surface area contributed by atoms with Crippen LogP contribution in [0, 0.1) is 5.92 Å². The second-order valence-electron chi connectivity index (χ2n) is 8.42. The maximum absolute atomic E-state index is 13.9. The summed E-state index contributed by atoms with van der Waals surface area (Å²) in [5.74, 6) is -1.98. The van der Waals surface area contributed by atoms with Crippen LogP contribution >= 0.6 is 23.1 Å². The monoisotopic (exact) mass is 481 g/mol. The van der Waals surface area contributed by atoms with E-state index in [2.05, 4.69) is 4.98 Å². The second kappa shape index (κ2) is 8.83. The first-order valence-electron chi connectivity index (χ1n) is 10.9. The first kappa shape index (κ1) is 22.0. The Labute approximate surface area is 199 Å². The summed E-state index contributed by atoms with van der Waals surface area (Å²) in [5, 5.41) is 9.61. The van der Waals surface area contributed by atoms with Crippen molar-refractivity contribution in [1.82, 2.24) is 4.98 Å². The third kappa shape index (κ3) is 4.02. The van der Waals surface area contributed by atoms with E-state index in [1.807, 2.05) is 30.3 Å². The van der Waals surface area contributed by atoms with Gasteiger partial charge in [0.2, 0.25) is 0 Å². The van der Waals surface area contributed by atoms with Crippen LogP contribution in [0.25, 0.3) is 0 Å². The number of benzene rings is 2. The smallest absolute Gasteiger partial charge is 0.317 e. The van der Waals surface area contributed by atoms with Crippen LogP contribution in [-0.2, 0) is 17.6 Å². The highest BCUT2D eigenvalue weighted by atomic mass is 32.2. The minimum Gasteiger partial charge on any atom is -0.497 e. The number of H-pyrrole nitrogens is 1. The van der Waals surface area contributed by atoms with Crippen LogP contribution in [0.5, 0.6) is 5.75 Å². The topological polar surface area (TPSA) is 96.5 Å². The van der Waals surface area contributed by atoms with Crippen molar-refractivity contribution in [3.05, 3.63) is 79.3 Å². The number of carboxylic acids is 1. The van der Waals surface area contributed by atoms with Crippen LogP contribution in [0.15, 0.2) is 52.3 Å². The standard InChI is InChI=1S/C25H23NO5S2/c1-31-17-10-8-14(9-11-17)18-19(22(24(28)29)32-23-21(18)33-25(30)26-23)20(27)16-7-6-13-4-2-3-5-15(13)12-16/h6-12,18-19,22H,2-5H2,1H3,(H,26,30)(H,28,29)/t18-,19-,22-/m0/s1. The van der Waals surface area contributed by atoms with Crippen LogP contribution in [0.1, 0.15) is 50.7 Å². The highest BCUT2D eigenvalue weighted by molar-refractivity contribution is 8.00. The van der Waals surface area contributed by atoms with Crippen LogP contribution < -0.4 is 9.61 Å². The third-order valence-electron chi connectivity index (χ3n) is 6.51. The quantitative estimate of drug-likeness (QED) is 0.521. The van der Waals surface area contributed by atoms with Crippen LogP contribution in [0.3, 0.4) is 0 Å². The Morgan fingerprint density at radius 2 is 1.79 bits per heavy atom. The number of aromatic amines is 1. The number of aryl methyl sites for hydroxylation is 2. The van der Waals surface area contributed by atoms with E-state index in [0.29, 0.717) is 21.2 Å². The summed E-state index contributed by atoms with van der Waals surface area (Å²) in [6.07, 6.45) is 4.19. The maximum Gasteiger partial charge on any atom is 0.317 e. The van der Waals surface area contributed by atoms with Gasteiger partial charge in [0, 0.05) is 16.4 Å². The zero-order valence-corrected chi connectivity index (χ0v) is 19.6. The van der Waals surface area contributed by atoms with Gasteiger partial charge in [0.1, 0.15) is 11.0 Å². The van der Waals surface area contributed by atoms with Crippen LogP contribution in [0.4, 0.5) is 0 Å². The largest absolute Gasteiger partial charge is 0.497 e. The Kier molecular flexibility index (Phi) is 5.88. The number of carbonyl (C=O) groups excluding carboxylic acids is 1. The predicted octanol–water partition coefficient (Wildman–Crippen LogP) is 4.51. The van der Waals surface area contributed by atoms with Gasteiger partial charge in [0.25, 0.3) is 0 Å². The lowest BCUT2D eigenvalue weighted by molar-refractivity contribution is -0.137. The van der Waals surface area contributed by atoms with Crippen molar-refractivity contribution in [1.29, 1.82) is 0 Å². The lowest BCUT2D eigenvalue weighted by atomic mass is 9.77. The van der Waals surface area contributed by atoms with E-state index in [1.165, 1.54) is 11.1 Å². The molecule has 1 aromatic heterocycles. The predicted molar refractivity (Wildman–Crippen MR) is 128 cm³/mol. The first-order chi connectivity index (χ1) is 16.0. The van der Waals surface area contributed by atoms with Crippen molar-refractivity contribution in [2.45, 2.75) is 41.9 Å². The summed E-state index contributed by atoms with van der Waals surface area (Å²) in [5.41, 5.74) is 3.77. The fourth-order valence-electron chi connectivity index (χ4n) is 4.90. The number of fused-ring (bicyclic) bond motifs is 2. The van der Waals surface area contributed by atoms with E-state index in [4.69, 9.17) is 4.74 Å². The number of hydrogen-bond acceptors (Lipinski definition) is 6. The maximum atomic E-state index is 13.9. The Bertz CT molecular complexity index is 1280. The molecule has 2 aromatic carbocycles. The molecule has 0 saturated carbocycles. The molecule has 3 atom stereocenters. The zero-order valence-electron chi connectivity index (χ0n) is 18.0. The van der Waals surface area contributed by atoms with Crippen molar-refractivity contribution >= 4 is 34.9 Å². The van der Waals surface area contributed by atoms with E-state index >= 15 is 0 Å². The van der Waals surface area contributed by atoms with Crippen molar-refractivity contribution < 1.29 is 19.4 Å². The molecule has 0 spiro atoms. The van der Waals surface area contributed by atoms with E-state index in [1.54, 1.807) is 19.2 Å². The third-order valence-corrected chi connectivity index (χ3v) is 8.91. The number of aliphatic carboxylic acids is 1. The lowest BCUT2D eigenvalue weighted by Gasteiger charge is -2.34. The van der Waals surface area contributed by atoms with Gasteiger partial charge in [-0.15, -0.1) is 0 Å². The van der Waals surface area contributed by atoms with Gasteiger partial charge in [-0.1, -0.05) is 47.4 Å². The number of ether oxygens (including phenoxy) is 1. The molecule has 2 aliphatic rings. The molecular formula is C25H23NO5S2. The molecule has 0 radical (unpaired) electrons. The highest BCUT2D eigenvalue weighted by Gasteiger charge is 2.47. The molecule has 0 saturated heterocycles. The number of aromatic nitrogens is 1. The van der Waals surface area contributed by atoms with E-state index < -0.39 is 23.1 Å². The molecule has 170 valence electrons. The van der Waals surface area contributed by atoms with Gasteiger partial charge in [-0.05, 0) is 60.6 Å². The first-order valence-corrected chi connectivity index (χ1v) is 12.6. The molecule has 1 aliphatic carbocycles. The van der Waals surface area contributed by atoms with Crippen LogP contribution in [-0.4, -0.2) is 34.2 Å². The number of carbonyl (C=O) groups is 2. The fourth-order valence-corrected chi connectivity index (χ4v) is 7.32. The Hall–Kier alpha value is -2.84. The minimum absolute atomic E-state index is 0.199. The number of ketones is 1. The average Bonchev–Trinajstić information content (AvgIpc) is 3.22. The van der Waals surface area contributed by atoms with Gasteiger partial charge < -0.3 is 14.8 Å². The summed E-state index contributed by atoms with van der Waals surface area (Å²) in [7, 11) is 1.57. The van der Waals surface area contributed by atoms with Gasteiger partial charge in [-0.3, -0.25) is 14.4 Å². The van der Waals surface area contributed by atoms with Crippen molar-refractivity contribution in [3.8, 4) is 5.75 Å². The van der Waals surface area contributed by atoms with Gasteiger partial charge >= 0.3 is 10.8 Å². The van der Waals surface area contributed by atoms with E-state index in [-0.39, 0.29) is 10.7 Å². The van der Waals surface area contributed by atoms with Crippen molar-refractivity contribution in [2.24, 2.45) is 5.92 Å². The molecule has 6 nitrogen and oxygen atoms in total. The molecule has 0 unspecified atom stereocenters. The minimum atomic E-state index is -1.06. The molecule has 3 aromatic rings.